The Labute approximate surface area is 91.8 Å². The van der Waals surface area contributed by atoms with E-state index in [0.29, 0.717) is 0 Å². The molecule has 0 heterocycles. The van der Waals surface area contributed by atoms with Crippen LogP contribution in [-0.4, -0.2) is 12.7 Å². The molecule has 1 aromatic carbocycles. The summed E-state index contributed by atoms with van der Waals surface area (Å²) < 4.78 is 0. The second kappa shape index (κ2) is 6.76. The highest BCUT2D eigenvalue weighted by atomic mass is 15.1. The van der Waals surface area contributed by atoms with E-state index in [1.807, 2.05) is 45.9 Å². The van der Waals surface area contributed by atoms with Gasteiger partial charge in [0, 0.05) is 0 Å². The standard InChI is InChI=1S/C10H13N3.C2H6/c1-8-4-3-5-10(9(8)2)13(6-11)7-12;1-2/h3-7,11-12H,1-2H3;1-2H3. The molecule has 0 radical (unpaired) electrons. The van der Waals surface area contributed by atoms with Gasteiger partial charge in [-0.25, -0.2) is 0 Å². The van der Waals surface area contributed by atoms with Gasteiger partial charge in [-0.3, -0.25) is 15.7 Å². The minimum Gasteiger partial charge on any atom is -0.292 e. The maximum Gasteiger partial charge on any atom is 0.0915 e. The monoisotopic (exact) mass is 205 g/mol. The van der Waals surface area contributed by atoms with E-state index in [4.69, 9.17) is 10.8 Å². The second-order valence-corrected chi connectivity index (χ2v) is 2.88. The lowest BCUT2D eigenvalue weighted by atomic mass is 10.1. The van der Waals surface area contributed by atoms with Crippen LogP contribution in [0, 0.1) is 24.7 Å². The summed E-state index contributed by atoms with van der Waals surface area (Å²) in [4.78, 5) is 1.47. The summed E-state index contributed by atoms with van der Waals surface area (Å²) in [6, 6.07) is 5.85. The summed E-state index contributed by atoms with van der Waals surface area (Å²) in [5, 5.41) is 14.2. The summed E-state index contributed by atoms with van der Waals surface area (Å²) in [5.41, 5.74) is 3.17. The van der Waals surface area contributed by atoms with Crippen LogP contribution >= 0.6 is 0 Å². The first-order valence-electron chi connectivity index (χ1n) is 5.06. The topological polar surface area (TPSA) is 50.9 Å². The SMILES string of the molecule is CC.Cc1cccc(N(C=N)C=N)c1C. The third kappa shape index (κ3) is 3.20. The Balaban J connectivity index is 0.000000921. The molecule has 0 aliphatic carbocycles. The summed E-state index contributed by atoms with van der Waals surface area (Å²) in [6.07, 6.45) is 2.27. The number of nitrogens with zero attached hydrogens (tertiary/aromatic N) is 1. The van der Waals surface area contributed by atoms with Gasteiger partial charge in [0.05, 0.1) is 18.4 Å². The van der Waals surface area contributed by atoms with Gasteiger partial charge in [-0.15, -0.1) is 0 Å². The lowest BCUT2D eigenvalue weighted by Gasteiger charge is -2.16. The zero-order chi connectivity index (χ0) is 11.8. The van der Waals surface area contributed by atoms with Gasteiger partial charge in [0.1, 0.15) is 0 Å². The van der Waals surface area contributed by atoms with Gasteiger partial charge in [-0.2, -0.15) is 0 Å². The molecule has 0 fully saturated rings. The molecule has 1 aromatic rings. The summed E-state index contributed by atoms with van der Waals surface area (Å²) in [7, 11) is 0. The molecule has 0 saturated heterocycles. The predicted molar refractivity (Wildman–Crippen MR) is 67.3 cm³/mol. The number of nitrogens with one attached hydrogen (secondary N) is 2. The van der Waals surface area contributed by atoms with Crippen LogP contribution in [0.4, 0.5) is 5.69 Å². The summed E-state index contributed by atoms with van der Waals surface area (Å²) in [5.74, 6) is 0. The van der Waals surface area contributed by atoms with Crippen molar-refractivity contribution in [1.29, 1.82) is 10.8 Å². The van der Waals surface area contributed by atoms with Crippen molar-refractivity contribution in [2.45, 2.75) is 27.7 Å². The Morgan fingerprint density at radius 3 is 2.07 bits per heavy atom. The van der Waals surface area contributed by atoms with Crippen molar-refractivity contribution >= 4 is 18.4 Å². The fraction of sp³-hybridized carbons (Fsp3) is 0.333. The minimum atomic E-state index is 0.894. The van der Waals surface area contributed by atoms with E-state index in [2.05, 4.69) is 0 Å². The molecule has 0 unspecified atom stereocenters. The highest BCUT2D eigenvalue weighted by Crippen LogP contribution is 2.20. The molecule has 1 rings (SSSR count). The number of aryl methyl sites for hydroxylation is 1. The van der Waals surface area contributed by atoms with E-state index in [-0.39, 0.29) is 0 Å². The van der Waals surface area contributed by atoms with E-state index in [9.17, 15) is 0 Å². The average Bonchev–Trinajstić information content (AvgIpc) is 2.28. The zero-order valence-electron chi connectivity index (χ0n) is 9.83. The summed E-state index contributed by atoms with van der Waals surface area (Å²) in [6.45, 7) is 8.01. The van der Waals surface area contributed by atoms with Gasteiger partial charge in [-0.05, 0) is 31.0 Å². The van der Waals surface area contributed by atoms with Crippen molar-refractivity contribution < 1.29 is 0 Å². The lowest BCUT2D eigenvalue weighted by Crippen LogP contribution is -2.18. The van der Waals surface area contributed by atoms with Crippen molar-refractivity contribution in [3.05, 3.63) is 29.3 Å². The minimum absolute atomic E-state index is 0.894. The molecule has 0 spiro atoms. The Morgan fingerprint density at radius 1 is 1.07 bits per heavy atom. The Bertz CT molecular complexity index is 324. The first kappa shape index (κ1) is 13.4. The molecule has 15 heavy (non-hydrogen) atoms. The molecule has 2 N–H and O–H groups in total. The van der Waals surface area contributed by atoms with Gasteiger partial charge in [0.25, 0.3) is 0 Å². The number of hydrogen-bond acceptors (Lipinski definition) is 2. The van der Waals surface area contributed by atoms with Gasteiger partial charge >= 0.3 is 0 Å². The number of rotatable bonds is 3. The van der Waals surface area contributed by atoms with Crippen LogP contribution in [0.15, 0.2) is 18.2 Å². The molecule has 0 amide bonds. The zero-order valence-corrected chi connectivity index (χ0v) is 9.83. The maximum absolute atomic E-state index is 7.11. The Kier molecular flexibility index (Phi) is 6.02. The van der Waals surface area contributed by atoms with E-state index < -0.39 is 0 Å². The van der Waals surface area contributed by atoms with E-state index >= 15 is 0 Å². The molecular formula is C12H19N3. The number of hydrogen-bond donors (Lipinski definition) is 2. The Hall–Kier alpha value is -1.64. The fourth-order valence-corrected chi connectivity index (χ4v) is 1.19. The average molecular weight is 205 g/mol. The molecule has 3 nitrogen and oxygen atoms in total. The number of anilines is 1. The van der Waals surface area contributed by atoms with Crippen LogP contribution in [0.2, 0.25) is 0 Å². The van der Waals surface area contributed by atoms with Crippen molar-refractivity contribution in [3.8, 4) is 0 Å². The fourth-order valence-electron chi connectivity index (χ4n) is 1.19. The normalized spacial score (nSPS) is 8.53. The van der Waals surface area contributed by atoms with Gasteiger partial charge in [0.2, 0.25) is 0 Å². The first-order valence-corrected chi connectivity index (χ1v) is 5.06. The molecule has 0 saturated carbocycles. The van der Waals surface area contributed by atoms with E-state index in [1.165, 1.54) is 10.5 Å². The Morgan fingerprint density at radius 2 is 1.60 bits per heavy atom. The molecule has 3 heteroatoms. The molecule has 82 valence electrons. The number of benzene rings is 1. The van der Waals surface area contributed by atoms with Crippen molar-refractivity contribution in [2.75, 3.05) is 4.90 Å². The van der Waals surface area contributed by atoms with E-state index in [0.717, 1.165) is 23.9 Å². The molecule has 0 aliphatic heterocycles. The summed E-state index contributed by atoms with van der Waals surface area (Å²) >= 11 is 0. The second-order valence-electron chi connectivity index (χ2n) is 2.88. The van der Waals surface area contributed by atoms with Crippen LogP contribution < -0.4 is 4.90 Å². The van der Waals surface area contributed by atoms with Crippen LogP contribution in [0.3, 0.4) is 0 Å². The third-order valence-electron chi connectivity index (χ3n) is 2.13. The molecule has 0 atom stereocenters. The van der Waals surface area contributed by atoms with Crippen LogP contribution in [0.5, 0.6) is 0 Å². The van der Waals surface area contributed by atoms with Crippen LogP contribution in [0.1, 0.15) is 25.0 Å². The van der Waals surface area contributed by atoms with Gasteiger partial charge in [-0.1, -0.05) is 26.0 Å². The predicted octanol–water partition coefficient (Wildman–Crippen LogP) is 3.35. The van der Waals surface area contributed by atoms with Crippen molar-refractivity contribution in [1.82, 2.24) is 0 Å². The largest absolute Gasteiger partial charge is 0.292 e. The highest BCUT2D eigenvalue weighted by molar-refractivity contribution is 5.98. The van der Waals surface area contributed by atoms with E-state index in [1.54, 1.807) is 0 Å². The molecule has 0 aromatic heterocycles. The lowest BCUT2D eigenvalue weighted by molar-refractivity contribution is 1.29. The van der Waals surface area contributed by atoms with Crippen LogP contribution in [0.25, 0.3) is 0 Å². The molecular weight excluding hydrogens is 186 g/mol. The van der Waals surface area contributed by atoms with Crippen molar-refractivity contribution in [3.63, 3.8) is 0 Å². The smallest absolute Gasteiger partial charge is 0.0915 e. The van der Waals surface area contributed by atoms with Gasteiger partial charge in [0.15, 0.2) is 0 Å². The maximum atomic E-state index is 7.11. The quantitative estimate of drug-likeness (QED) is 0.577. The van der Waals surface area contributed by atoms with Gasteiger partial charge < -0.3 is 0 Å². The molecule has 0 bridgehead atoms. The highest BCUT2D eigenvalue weighted by Gasteiger charge is 2.04. The third-order valence-corrected chi connectivity index (χ3v) is 2.13. The first-order chi connectivity index (χ1) is 7.20. The molecule has 0 aliphatic rings. The van der Waals surface area contributed by atoms with Crippen LogP contribution in [-0.2, 0) is 0 Å². The van der Waals surface area contributed by atoms with Crippen molar-refractivity contribution in [2.24, 2.45) is 0 Å².